The maximum absolute atomic E-state index is 12.6. The van der Waals surface area contributed by atoms with E-state index < -0.39 is 0 Å². The summed E-state index contributed by atoms with van der Waals surface area (Å²) in [6, 6.07) is 10.8. The minimum absolute atomic E-state index is 0.299. The zero-order valence-corrected chi connectivity index (χ0v) is 15.4. The molecule has 0 atom stereocenters. The van der Waals surface area contributed by atoms with Crippen LogP contribution in [-0.2, 0) is 0 Å². The summed E-state index contributed by atoms with van der Waals surface area (Å²) in [5, 5.41) is 11.0. The molecule has 1 amide bonds. The Balaban J connectivity index is 1.50. The van der Waals surface area contributed by atoms with Gasteiger partial charge in [-0.2, -0.15) is 0 Å². The second kappa shape index (κ2) is 7.75. The van der Waals surface area contributed by atoms with E-state index in [1.807, 2.05) is 12.1 Å². The van der Waals surface area contributed by atoms with Crippen LogP contribution in [0.15, 0.2) is 49.1 Å². The first-order valence-electron chi connectivity index (χ1n) is 8.88. The van der Waals surface area contributed by atoms with Crippen LogP contribution < -0.4 is 10.2 Å². The molecule has 3 heterocycles. The quantitative estimate of drug-likeness (QED) is 0.746. The Labute approximate surface area is 162 Å². The lowest BCUT2D eigenvalue weighted by Gasteiger charge is -2.29. The number of amides is 1. The van der Waals surface area contributed by atoms with Gasteiger partial charge in [-0.15, -0.1) is 10.2 Å². The molecule has 1 fully saturated rings. The number of aromatic nitrogens is 4. The highest BCUT2D eigenvalue weighted by Gasteiger charge is 2.15. The first-order chi connectivity index (χ1) is 13.2. The number of nitrogens with zero attached hydrogens (tertiary/aromatic N) is 5. The summed E-state index contributed by atoms with van der Waals surface area (Å²) in [6.45, 7) is 2.04. The lowest BCUT2D eigenvalue weighted by molar-refractivity contribution is 0.102. The van der Waals surface area contributed by atoms with E-state index in [0.29, 0.717) is 22.2 Å². The number of rotatable bonds is 4. The van der Waals surface area contributed by atoms with E-state index in [0.717, 1.165) is 18.8 Å². The van der Waals surface area contributed by atoms with Crippen molar-refractivity contribution in [2.75, 3.05) is 23.3 Å². The molecule has 27 heavy (non-hydrogen) atoms. The molecule has 1 N–H and O–H groups in total. The molecule has 138 valence electrons. The average molecular weight is 383 g/mol. The first kappa shape index (κ1) is 17.5. The fraction of sp³-hybridized carbons (Fsp3) is 0.263. The summed E-state index contributed by atoms with van der Waals surface area (Å²) in [4.78, 5) is 19.2. The number of hydrogen-bond donors (Lipinski definition) is 1. The Morgan fingerprint density at radius 1 is 1.04 bits per heavy atom. The highest BCUT2D eigenvalue weighted by molar-refractivity contribution is 6.33. The van der Waals surface area contributed by atoms with E-state index in [2.05, 4.69) is 25.4 Å². The van der Waals surface area contributed by atoms with Crippen LogP contribution in [0.1, 0.15) is 29.8 Å². The fourth-order valence-electron chi connectivity index (χ4n) is 3.18. The van der Waals surface area contributed by atoms with Gasteiger partial charge in [0.15, 0.2) is 0 Å². The summed E-state index contributed by atoms with van der Waals surface area (Å²) in [5.41, 5.74) is 1.96. The van der Waals surface area contributed by atoms with Gasteiger partial charge in [0, 0.05) is 18.8 Å². The molecular formula is C19H19ClN6O. The van der Waals surface area contributed by atoms with Crippen LogP contribution in [0.4, 0.5) is 11.4 Å². The molecule has 4 rings (SSSR count). The molecule has 0 radical (unpaired) electrons. The van der Waals surface area contributed by atoms with Gasteiger partial charge in [0.25, 0.3) is 5.91 Å². The van der Waals surface area contributed by atoms with Crippen molar-refractivity contribution < 1.29 is 4.79 Å². The summed E-state index contributed by atoms with van der Waals surface area (Å²) in [5.74, 6) is 0.276. The van der Waals surface area contributed by atoms with E-state index in [9.17, 15) is 4.79 Å². The highest BCUT2D eigenvalue weighted by atomic mass is 35.5. The van der Waals surface area contributed by atoms with Gasteiger partial charge in [0.1, 0.15) is 24.2 Å². The van der Waals surface area contributed by atoms with Crippen molar-refractivity contribution in [1.29, 1.82) is 0 Å². The maximum Gasteiger partial charge on any atom is 0.274 e. The van der Waals surface area contributed by atoms with Crippen LogP contribution in [0, 0.1) is 0 Å². The number of pyridine rings is 1. The third-order valence-corrected chi connectivity index (χ3v) is 4.86. The largest absolute Gasteiger partial charge is 0.370 e. The number of nitrogens with one attached hydrogen (secondary N) is 1. The molecule has 8 heteroatoms. The third-order valence-electron chi connectivity index (χ3n) is 4.55. The number of carbonyl (C=O) groups is 1. The standard InChI is InChI=1S/C19H19ClN6O/c20-15-11-14(7-8-17(15)25-9-2-1-3-10-25)23-19(27)16-5-4-6-18(24-16)26-12-21-22-13-26/h4-8,11-13H,1-3,9-10H2,(H,23,27). The first-order valence-corrected chi connectivity index (χ1v) is 9.26. The minimum Gasteiger partial charge on any atom is -0.370 e. The summed E-state index contributed by atoms with van der Waals surface area (Å²) < 4.78 is 1.64. The van der Waals surface area contributed by atoms with E-state index in [4.69, 9.17) is 11.6 Å². The van der Waals surface area contributed by atoms with Crippen molar-refractivity contribution in [3.05, 3.63) is 59.8 Å². The van der Waals surface area contributed by atoms with Gasteiger partial charge in [-0.05, 0) is 49.6 Å². The molecule has 1 aliphatic heterocycles. The monoisotopic (exact) mass is 382 g/mol. The van der Waals surface area contributed by atoms with Crippen molar-refractivity contribution in [3.63, 3.8) is 0 Å². The van der Waals surface area contributed by atoms with E-state index in [1.54, 1.807) is 28.8 Å². The Morgan fingerprint density at radius 3 is 2.56 bits per heavy atom. The summed E-state index contributed by atoms with van der Waals surface area (Å²) in [7, 11) is 0. The second-order valence-corrected chi connectivity index (χ2v) is 6.83. The van der Waals surface area contributed by atoms with Crippen LogP contribution in [0.5, 0.6) is 0 Å². The van der Waals surface area contributed by atoms with Crippen molar-refractivity contribution >= 4 is 28.9 Å². The van der Waals surface area contributed by atoms with Crippen LogP contribution in [0.3, 0.4) is 0 Å². The number of carbonyl (C=O) groups excluding carboxylic acids is 1. The van der Waals surface area contributed by atoms with Gasteiger partial charge >= 0.3 is 0 Å². The second-order valence-electron chi connectivity index (χ2n) is 6.42. The van der Waals surface area contributed by atoms with Gasteiger partial charge in [0.2, 0.25) is 0 Å². The highest BCUT2D eigenvalue weighted by Crippen LogP contribution is 2.31. The van der Waals surface area contributed by atoms with Crippen LogP contribution in [-0.4, -0.2) is 38.7 Å². The smallest absolute Gasteiger partial charge is 0.274 e. The lowest BCUT2D eigenvalue weighted by atomic mass is 10.1. The Kier molecular flexibility index (Phi) is 5.02. The molecular weight excluding hydrogens is 364 g/mol. The lowest BCUT2D eigenvalue weighted by Crippen LogP contribution is -2.29. The van der Waals surface area contributed by atoms with Gasteiger partial charge < -0.3 is 10.2 Å². The Hall–Kier alpha value is -2.93. The SMILES string of the molecule is O=C(Nc1ccc(N2CCCCC2)c(Cl)c1)c1cccc(-n2cnnc2)n1. The molecule has 1 aromatic carbocycles. The zero-order valence-electron chi connectivity index (χ0n) is 14.7. The normalized spacial score (nSPS) is 14.2. The Morgan fingerprint density at radius 2 is 1.81 bits per heavy atom. The van der Waals surface area contributed by atoms with Gasteiger partial charge in [-0.3, -0.25) is 9.36 Å². The third kappa shape index (κ3) is 3.93. The number of halogens is 1. The molecule has 7 nitrogen and oxygen atoms in total. The number of piperidine rings is 1. The van der Waals surface area contributed by atoms with Crippen LogP contribution in [0.25, 0.3) is 5.82 Å². The molecule has 2 aromatic heterocycles. The molecule has 1 aliphatic rings. The van der Waals surface area contributed by atoms with Crippen LogP contribution in [0.2, 0.25) is 5.02 Å². The van der Waals surface area contributed by atoms with Gasteiger partial charge in [0.05, 0.1) is 10.7 Å². The summed E-state index contributed by atoms with van der Waals surface area (Å²) >= 11 is 6.46. The molecule has 0 unspecified atom stereocenters. The fourth-order valence-corrected chi connectivity index (χ4v) is 3.48. The number of hydrogen-bond acceptors (Lipinski definition) is 5. The van der Waals surface area contributed by atoms with Crippen molar-refractivity contribution in [2.45, 2.75) is 19.3 Å². The number of anilines is 2. The van der Waals surface area contributed by atoms with E-state index >= 15 is 0 Å². The maximum atomic E-state index is 12.6. The Bertz CT molecular complexity index is 937. The topological polar surface area (TPSA) is 75.9 Å². The predicted molar refractivity (Wildman–Crippen MR) is 105 cm³/mol. The molecule has 1 saturated heterocycles. The van der Waals surface area contributed by atoms with Crippen LogP contribution >= 0.6 is 11.6 Å². The molecule has 0 aliphatic carbocycles. The molecule has 0 spiro atoms. The van der Waals surface area contributed by atoms with Gasteiger partial charge in [-0.25, -0.2) is 4.98 Å². The number of benzene rings is 1. The van der Waals surface area contributed by atoms with Crippen molar-refractivity contribution in [3.8, 4) is 5.82 Å². The molecule has 0 saturated carbocycles. The molecule has 3 aromatic rings. The van der Waals surface area contributed by atoms with Gasteiger partial charge in [-0.1, -0.05) is 17.7 Å². The van der Waals surface area contributed by atoms with E-state index in [-0.39, 0.29) is 5.91 Å². The van der Waals surface area contributed by atoms with Crippen molar-refractivity contribution in [1.82, 2.24) is 19.7 Å². The van der Waals surface area contributed by atoms with E-state index in [1.165, 1.54) is 31.9 Å². The predicted octanol–water partition coefficient (Wildman–Crippen LogP) is 3.56. The zero-order chi connectivity index (χ0) is 18.6. The summed E-state index contributed by atoms with van der Waals surface area (Å²) in [6.07, 6.45) is 6.70. The molecule has 0 bridgehead atoms. The minimum atomic E-state index is -0.299. The average Bonchev–Trinajstić information content (AvgIpc) is 3.24. The van der Waals surface area contributed by atoms with Crippen molar-refractivity contribution in [2.24, 2.45) is 0 Å².